The van der Waals surface area contributed by atoms with Gasteiger partial charge in [0.1, 0.15) is 11.6 Å². The number of piperidine rings is 1. The van der Waals surface area contributed by atoms with Crippen LogP contribution in [-0.4, -0.2) is 37.1 Å². The molecular formula is C18H19Cl3N4O. The highest BCUT2D eigenvalue weighted by Crippen LogP contribution is 2.29. The predicted molar refractivity (Wildman–Crippen MR) is 108 cm³/mol. The standard InChI is InChI=1S/C18H19Cl3N4O/c1-25(12-5-7-22-8-6-12)16-4-2-3-15(23-16)24-18(26)17-13(20)9-11(19)10-14(17)21/h2-4,9-10,12,22H,5-8H2,1H3,(H,23,24,26). The first-order valence-corrected chi connectivity index (χ1v) is 9.45. The van der Waals surface area contributed by atoms with Crippen LogP contribution in [0.1, 0.15) is 23.2 Å². The summed E-state index contributed by atoms with van der Waals surface area (Å²) in [5.41, 5.74) is 0.177. The number of carbonyl (C=O) groups excluding carboxylic acids is 1. The SMILES string of the molecule is CN(c1cccc(NC(=O)c2c(Cl)cc(Cl)cc2Cl)n1)C1CCNCC1. The molecule has 2 N–H and O–H groups in total. The van der Waals surface area contributed by atoms with Crippen molar-refractivity contribution in [1.82, 2.24) is 10.3 Å². The van der Waals surface area contributed by atoms with Gasteiger partial charge in [-0.05, 0) is 50.2 Å². The number of aromatic nitrogens is 1. The highest BCUT2D eigenvalue weighted by atomic mass is 35.5. The molecule has 0 radical (unpaired) electrons. The number of rotatable bonds is 4. The summed E-state index contributed by atoms with van der Waals surface area (Å²) in [6, 6.07) is 8.92. The normalized spacial score (nSPS) is 14.9. The van der Waals surface area contributed by atoms with Gasteiger partial charge >= 0.3 is 0 Å². The molecule has 1 amide bonds. The maximum Gasteiger partial charge on any atom is 0.259 e. The number of hydrogen-bond acceptors (Lipinski definition) is 4. The molecule has 0 bridgehead atoms. The molecule has 8 heteroatoms. The second-order valence-corrected chi connectivity index (χ2v) is 7.42. The third-order valence-electron chi connectivity index (χ3n) is 4.43. The fraction of sp³-hybridized carbons (Fsp3) is 0.333. The minimum Gasteiger partial charge on any atom is -0.357 e. The molecule has 0 aliphatic carbocycles. The smallest absolute Gasteiger partial charge is 0.259 e. The molecule has 5 nitrogen and oxygen atoms in total. The number of carbonyl (C=O) groups is 1. The maximum atomic E-state index is 12.6. The molecule has 1 saturated heterocycles. The van der Waals surface area contributed by atoms with Gasteiger partial charge in [0.15, 0.2) is 0 Å². The van der Waals surface area contributed by atoms with Crippen molar-refractivity contribution in [2.24, 2.45) is 0 Å². The lowest BCUT2D eigenvalue weighted by Crippen LogP contribution is -2.41. The quantitative estimate of drug-likeness (QED) is 0.776. The summed E-state index contributed by atoms with van der Waals surface area (Å²) in [5, 5.41) is 6.88. The number of halogens is 3. The fourth-order valence-electron chi connectivity index (χ4n) is 3.01. The van der Waals surface area contributed by atoms with Gasteiger partial charge in [0.25, 0.3) is 5.91 Å². The van der Waals surface area contributed by atoms with Crippen molar-refractivity contribution in [3.63, 3.8) is 0 Å². The Hall–Kier alpha value is -1.53. The average Bonchev–Trinajstić information content (AvgIpc) is 2.61. The molecule has 1 fully saturated rings. The van der Waals surface area contributed by atoms with Gasteiger partial charge < -0.3 is 15.5 Å². The highest BCUT2D eigenvalue weighted by molar-refractivity contribution is 6.42. The third-order valence-corrected chi connectivity index (χ3v) is 5.24. The van der Waals surface area contributed by atoms with E-state index in [9.17, 15) is 4.79 Å². The molecule has 2 aromatic rings. The first-order valence-electron chi connectivity index (χ1n) is 8.32. The summed E-state index contributed by atoms with van der Waals surface area (Å²) in [5.74, 6) is 0.823. The Balaban J connectivity index is 1.77. The molecule has 3 rings (SSSR count). The van der Waals surface area contributed by atoms with Gasteiger partial charge in [-0.2, -0.15) is 0 Å². The first kappa shape index (κ1) is 19.2. The summed E-state index contributed by atoms with van der Waals surface area (Å²) in [4.78, 5) is 19.3. The molecular weight excluding hydrogens is 395 g/mol. The lowest BCUT2D eigenvalue weighted by atomic mass is 10.1. The highest BCUT2D eigenvalue weighted by Gasteiger charge is 2.20. The van der Waals surface area contributed by atoms with Crippen LogP contribution < -0.4 is 15.5 Å². The Morgan fingerprint density at radius 1 is 1.19 bits per heavy atom. The molecule has 1 aliphatic heterocycles. The van der Waals surface area contributed by atoms with Gasteiger partial charge in [0.05, 0.1) is 15.6 Å². The van der Waals surface area contributed by atoms with Crippen LogP contribution in [0.25, 0.3) is 0 Å². The zero-order valence-electron chi connectivity index (χ0n) is 14.2. The van der Waals surface area contributed by atoms with Gasteiger partial charge in [-0.1, -0.05) is 40.9 Å². The van der Waals surface area contributed by atoms with Crippen molar-refractivity contribution >= 4 is 52.3 Å². The van der Waals surface area contributed by atoms with E-state index in [-0.39, 0.29) is 15.6 Å². The number of hydrogen-bond donors (Lipinski definition) is 2. The summed E-state index contributed by atoms with van der Waals surface area (Å²) >= 11 is 18.1. The topological polar surface area (TPSA) is 57.3 Å². The number of benzene rings is 1. The lowest BCUT2D eigenvalue weighted by molar-refractivity contribution is 0.102. The van der Waals surface area contributed by atoms with Crippen LogP contribution >= 0.6 is 34.8 Å². The molecule has 2 heterocycles. The van der Waals surface area contributed by atoms with E-state index in [1.54, 1.807) is 6.07 Å². The van der Waals surface area contributed by atoms with Crippen molar-refractivity contribution in [1.29, 1.82) is 0 Å². The molecule has 0 spiro atoms. The van der Waals surface area contributed by atoms with Crippen molar-refractivity contribution in [2.45, 2.75) is 18.9 Å². The van der Waals surface area contributed by atoms with Crippen molar-refractivity contribution in [2.75, 3.05) is 30.4 Å². The van der Waals surface area contributed by atoms with E-state index in [1.807, 2.05) is 19.2 Å². The second kappa shape index (κ2) is 8.44. The molecule has 0 saturated carbocycles. The number of pyridine rings is 1. The molecule has 0 unspecified atom stereocenters. The Labute approximate surface area is 167 Å². The maximum absolute atomic E-state index is 12.6. The molecule has 26 heavy (non-hydrogen) atoms. The third kappa shape index (κ3) is 4.41. The van der Waals surface area contributed by atoms with Gasteiger partial charge in [0.2, 0.25) is 0 Å². The largest absolute Gasteiger partial charge is 0.357 e. The van der Waals surface area contributed by atoms with Crippen LogP contribution in [0.3, 0.4) is 0 Å². The number of anilines is 2. The summed E-state index contributed by atoms with van der Waals surface area (Å²) in [6.07, 6.45) is 2.12. The number of amides is 1. The van der Waals surface area contributed by atoms with Gasteiger partial charge in [-0.3, -0.25) is 4.79 Å². The van der Waals surface area contributed by atoms with E-state index in [0.29, 0.717) is 16.9 Å². The van der Waals surface area contributed by atoms with Crippen molar-refractivity contribution in [3.05, 3.63) is 51.0 Å². The number of nitrogens with one attached hydrogen (secondary N) is 2. The minimum absolute atomic E-state index is 0.177. The second-order valence-electron chi connectivity index (χ2n) is 6.17. The Morgan fingerprint density at radius 2 is 1.85 bits per heavy atom. The zero-order valence-corrected chi connectivity index (χ0v) is 16.5. The molecule has 1 aromatic heterocycles. The van der Waals surface area contributed by atoms with Crippen molar-refractivity contribution < 1.29 is 4.79 Å². The van der Waals surface area contributed by atoms with Gasteiger partial charge in [-0.15, -0.1) is 0 Å². The van der Waals surface area contributed by atoms with Crippen LogP contribution in [0, 0.1) is 0 Å². The van der Waals surface area contributed by atoms with Crippen LogP contribution in [0.4, 0.5) is 11.6 Å². The lowest BCUT2D eigenvalue weighted by Gasteiger charge is -2.32. The fourth-order valence-corrected chi connectivity index (χ4v) is 4.00. The zero-order chi connectivity index (χ0) is 18.7. The minimum atomic E-state index is -0.425. The van der Waals surface area contributed by atoms with Crippen LogP contribution in [0.5, 0.6) is 0 Å². The van der Waals surface area contributed by atoms with Crippen LogP contribution in [-0.2, 0) is 0 Å². The van der Waals surface area contributed by atoms with Crippen molar-refractivity contribution in [3.8, 4) is 0 Å². The molecule has 1 aromatic carbocycles. The van der Waals surface area contributed by atoms with E-state index in [2.05, 4.69) is 20.5 Å². The monoisotopic (exact) mass is 412 g/mol. The Bertz CT molecular complexity index is 786. The summed E-state index contributed by atoms with van der Waals surface area (Å²) < 4.78 is 0. The molecule has 1 aliphatic rings. The predicted octanol–water partition coefficient (Wildman–Crippen LogP) is 4.48. The van der Waals surface area contributed by atoms with E-state index in [1.165, 1.54) is 12.1 Å². The van der Waals surface area contributed by atoms with Crippen LogP contribution in [0.15, 0.2) is 30.3 Å². The Morgan fingerprint density at radius 3 is 2.50 bits per heavy atom. The summed E-state index contributed by atoms with van der Waals surface area (Å²) in [7, 11) is 2.02. The number of nitrogens with zero attached hydrogens (tertiary/aromatic N) is 2. The first-order chi connectivity index (χ1) is 12.5. The Kier molecular flexibility index (Phi) is 6.24. The van der Waals surface area contributed by atoms with E-state index >= 15 is 0 Å². The average molecular weight is 414 g/mol. The molecule has 0 atom stereocenters. The molecule has 138 valence electrons. The van der Waals surface area contributed by atoms with E-state index in [4.69, 9.17) is 34.8 Å². The van der Waals surface area contributed by atoms with E-state index in [0.717, 1.165) is 31.7 Å². The van der Waals surface area contributed by atoms with Gasteiger partial charge in [0, 0.05) is 18.1 Å². The summed E-state index contributed by atoms with van der Waals surface area (Å²) in [6.45, 7) is 2.00. The van der Waals surface area contributed by atoms with E-state index < -0.39 is 5.91 Å². The van der Waals surface area contributed by atoms with Crippen LogP contribution in [0.2, 0.25) is 15.1 Å². The van der Waals surface area contributed by atoms with Gasteiger partial charge in [-0.25, -0.2) is 4.98 Å².